The van der Waals surface area contributed by atoms with Gasteiger partial charge in [0.1, 0.15) is 0 Å². The molecule has 0 saturated heterocycles. The molecule has 0 saturated carbocycles. The fraction of sp³-hybridized carbons (Fsp3) is 0.344. The molecule has 6 heteroatoms. The summed E-state index contributed by atoms with van der Waals surface area (Å²) in [6.07, 6.45) is 1.04. The molecule has 0 radical (unpaired) electrons. The van der Waals surface area contributed by atoms with E-state index >= 15 is 0 Å². The summed E-state index contributed by atoms with van der Waals surface area (Å²) < 4.78 is 9.28. The molecule has 0 aliphatic heterocycles. The second kappa shape index (κ2) is 12.2. The summed E-state index contributed by atoms with van der Waals surface area (Å²) in [4.78, 5) is 0. The molecule has 2 unspecified atom stereocenters. The molecule has 0 aromatic heterocycles. The van der Waals surface area contributed by atoms with Crippen molar-refractivity contribution >= 4 is 26.1 Å². The summed E-state index contributed by atoms with van der Waals surface area (Å²) in [6.45, 7) is 19.0. The number of halogens is 2. The van der Waals surface area contributed by atoms with Gasteiger partial charge in [0.2, 0.25) is 0 Å². The summed E-state index contributed by atoms with van der Waals surface area (Å²) in [5.74, 6) is 1.59. The molecule has 2 aliphatic rings. The van der Waals surface area contributed by atoms with Crippen molar-refractivity contribution < 1.29 is 52.0 Å². The van der Waals surface area contributed by atoms with E-state index in [4.69, 9.17) is 4.43 Å². The molecule has 0 heterocycles. The van der Waals surface area contributed by atoms with Gasteiger partial charge in [-0.2, -0.15) is 0 Å². The number of aryl methyl sites for hydroxylation is 1. The van der Waals surface area contributed by atoms with Gasteiger partial charge in [0.25, 0.3) is 0 Å². The predicted octanol–water partition coefficient (Wildman–Crippen LogP) is 2.36. The largest absolute Gasteiger partial charge is 1.00 e. The smallest absolute Gasteiger partial charge is 1.00 e. The zero-order valence-corrected chi connectivity index (χ0v) is 30.0. The van der Waals surface area contributed by atoms with Crippen molar-refractivity contribution in [3.63, 3.8) is 0 Å². The zero-order chi connectivity index (χ0) is 25.8. The number of hydrogen-bond donors (Lipinski definition) is 0. The first kappa shape index (κ1) is 31.5. The molecule has 2 atom stereocenters. The Morgan fingerprint density at radius 2 is 1.45 bits per heavy atom. The molecule has 0 fully saturated rings. The van der Waals surface area contributed by atoms with Crippen molar-refractivity contribution in [3.8, 4) is 11.1 Å². The van der Waals surface area contributed by atoms with Crippen LogP contribution in [0.15, 0.2) is 65.9 Å². The monoisotopic (exact) mass is 655 g/mol. The summed E-state index contributed by atoms with van der Waals surface area (Å²) >= 11 is -0.762. The van der Waals surface area contributed by atoms with Gasteiger partial charge in [-0.25, -0.2) is 0 Å². The summed E-state index contributed by atoms with van der Waals surface area (Å²) in [6, 6.07) is 23.4. The molecule has 1 nitrogen and oxygen atoms in total. The Kier molecular flexibility index (Phi) is 10.1. The Morgan fingerprint density at radius 3 is 2.08 bits per heavy atom. The second-order valence-corrected chi connectivity index (χ2v) is 23.7. The van der Waals surface area contributed by atoms with E-state index in [1.807, 2.05) is 0 Å². The normalized spacial score (nSPS) is 17.2. The third-order valence-corrected chi connectivity index (χ3v) is 13.7. The average molecular weight is 658 g/mol. The van der Waals surface area contributed by atoms with Crippen LogP contribution in [0.4, 0.5) is 0 Å². The quantitative estimate of drug-likeness (QED) is 0.370. The standard InChI is InChI=1S/C29H33OSi2.C3H6.2ClH.Zr/c1-7-19-13-10-17-24-26(19)28(30-32(4,5)6)29(31(2)3)27(24)23-16-11-15-22-21-14-9-8-12-20(21)18-25(22)23;1-3-2;;;/h8-18,27,31H,7H2,1-6H3;1-2H3;2*1H;/q;;;;+2/p-2. The van der Waals surface area contributed by atoms with Crippen LogP contribution < -0.4 is 24.8 Å². The third kappa shape index (κ3) is 5.59. The van der Waals surface area contributed by atoms with Crippen molar-refractivity contribution in [2.24, 2.45) is 0 Å². The predicted molar refractivity (Wildman–Crippen MR) is 158 cm³/mol. The van der Waals surface area contributed by atoms with Crippen molar-refractivity contribution in [2.45, 2.75) is 69.5 Å². The van der Waals surface area contributed by atoms with Gasteiger partial charge < -0.3 is 24.8 Å². The minimum atomic E-state index is -1.78. The van der Waals surface area contributed by atoms with Crippen LogP contribution in [0, 0.1) is 0 Å². The average Bonchev–Trinajstić information content (AvgIpc) is 3.31. The van der Waals surface area contributed by atoms with Crippen molar-refractivity contribution in [3.05, 3.63) is 99.2 Å². The fourth-order valence-corrected chi connectivity index (χ4v) is 12.5. The van der Waals surface area contributed by atoms with Crippen LogP contribution in [0.25, 0.3) is 16.9 Å². The molecule has 0 N–H and O–H groups in total. The van der Waals surface area contributed by atoms with Crippen LogP contribution in [0.2, 0.25) is 32.7 Å². The minimum absolute atomic E-state index is 0. The van der Waals surface area contributed by atoms with E-state index < -0.39 is 39.9 Å². The van der Waals surface area contributed by atoms with Gasteiger partial charge in [0.15, 0.2) is 0 Å². The molecule has 5 rings (SSSR count). The molecule has 0 amide bonds. The first-order chi connectivity index (χ1) is 17.1. The van der Waals surface area contributed by atoms with Gasteiger partial charge in [0.05, 0.1) is 0 Å². The number of fused-ring (bicyclic) bond motifs is 4. The van der Waals surface area contributed by atoms with Gasteiger partial charge >= 0.3 is 233 Å². The molecule has 38 heavy (non-hydrogen) atoms. The molecular formula is C32H39Cl2OSi2Zr. The van der Waals surface area contributed by atoms with E-state index in [0.29, 0.717) is 9.54 Å². The van der Waals surface area contributed by atoms with Gasteiger partial charge in [-0.3, -0.25) is 0 Å². The zero-order valence-electron chi connectivity index (χ0n) is 23.9. The van der Waals surface area contributed by atoms with E-state index in [-0.39, 0.29) is 24.8 Å². The van der Waals surface area contributed by atoms with E-state index in [0.717, 1.165) is 6.42 Å². The molecule has 199 valence electrons. The molecular weight excluding hydrogens is 619 g/mol. The SMILES string of the molecule is CCc1cccc2c1C(O[Si](C)(C)C)=C([SiH](C)C)C2c1cccc2c1[CH]([Zr+2]=[C](C)C)c1ccccc1-2.[Cl-].[Cl-]. The van der Waals surface area contributed by atoms with Crippen LogP contribution >= 0.6 is 0 Å². The van der Waals surface area contributed by atoms with E-state index in [2.05, 4.69) is 114 Å². The maximum absolute atomic E-state index is 7.03. The first-order valence-corrected chi connectivity index (χ1v) is 22.4. The Labute approximate surface area is 256 Å². The number of benzene rings is 3. The Hall–Kier alpha value is -1.03. The van der Waals surface area contributed by atoms with E-state index in [1.165, 1.54) is 33.6 Å². The molecule has 2 aliphatic carbocycles. The van der Waals surface area contributed by atoms with E-state index in [9.17, 15) is 0 Å². The second-order valence-electron chi connectivity index (χ2n) is 11.8. The van der Waals surface area contributed by atoms with Crippen molar-refractivity contribution in [2.75, 3.05) is 0 Å². The number of allylic oxidation sites excluding steroid dienone is 1. The minimum Gasteiger partial charge on any atom is -1.00 e. The van der Waals surface area contributed by atoms with Crippen molar-refractivity contribution in [1.29, 1.82) is 0 Å². The first-order valence-electron chi connectivity index (χ1n) is 13.5. The number of rotatable bonds is 6. The summed E-state index contributed by atoms with van der Waals surface area (Å²) in [5, 5.41) is 1.62. The Bertz CT molecular complexity index is 1400. The van der Waals surface area contributed by atoms with Gasteiger partial charge in [-0.1, -0.05) is 0 Å². The summed E-state index contributed by atoms with van der Waals surface area (Å²) in [7, 11) is -2.96. The molecule has 3 aromatic carbocycles. The maximum Gasteiger partial charge on any atom is -1.00 e. The van der Waals surface area contributed by atoms with Crippen LogP contribution in [-0.4, -0.2) is 20.3 Å². The Balaban J connectivity index is 0.00000200. The van der Waals surface area contributed by atoms with Crippen molar-refractivity contribution in [1.82, 2.24) is 0 Å². The van der Waals surface area contributed by atoms with E-state index in [1.54, 1.807) is 25.1 Å². The van der Waals surface area contributed by atoms with Gasteiger partial charge in [0, 0.05) is 0 Å². The Morgan fingerprint density at radius 1 is 0.842 bits per heavy atom. The topological polar surface area (TPSA) is 9.23 Å². The number of hydrogen-bond acceptors (Lipinski definition) is 1. The molecule has 3 aromatic rings. The van der Waals surface area contributed by atoms with Crippen LogP contribution in [0.3, 0.4) is 0 Å². The summed E-state index contributed by atoms with van der Waals surface area (Å²) in [5.41, 5.74) is 12.1. The van der Waals surface area contributed by atoms with Crippen LogP contribution in [0.5, 0.6) is 0 Å². The maximum atomic E-state index is 7.03. The molecule has 0 spiro atoms. The molecule has 0 bridgehead atoms. The van der Waals surface area contributed by atoms with Crippen LogP contribution in [0.1, 0.15) is 63.7 Å². The van der Waals surface area contributed by atoms with Gasteiger partial charge in [-0.05, 0) is 0 Å². The third-order valence-electron chi connectivity index (χ3n) is 7.44. The van der Waals surface area contributed by atoms with Crippen LogP contribution in [-0.2, 0) is 33.6 Å². The fourth-order valence-electron chi connectivity index (χ4n) is 6.20. The van der Waals surface area contributed by atoms with Gasteiger partial charge in [-0.15, -0.1) is 0 Å².